The first kappa shape index (κ1) is 12.6. The van der Waals surface area contributed by atoms with Crippen molar-refractivity contribution in [2.75, 3.05) is 17.7 Å². The van der Waals surface area contributed by atoms with Crippen molar-refractivity contribution in [3.8, 4) is 0 Å². The molecule has 0 aliphatic rings. The van der Waals surface area contributed by atoms with Crippen LogP contribution in [0.3, 0.4) is 0 Å². The third-order valence-corrected chi connectivity index (χ3v) is 3.09. The van der Waals surface area contributed by atoms with Crippen LogP contribution in [0.25, 0.3) is 0 Å². The Morgan fingerprint density at radius 2 is 1.94 bits per heavy atom. The van der Waals surface area contributed by atoms with Crippen molar-refractivity contribution in [2.24, 2.45) is 0 Å². The second-order valence-electron chi connectivity index (χ2n) is 3.80. The number of pyridine rings is 1. The van der Waals surface area contributed by atoms with Crippen LogP contribution in [0.2, 0.25) is 0 Å². The van der Waals surface area contributed by atoms with E-state index in [1.54, 1.807) is 54.7 Å². The van der Waals surface area contributed by atoms with Crippen molar-refractivity contribution in [2.45, 2.75) is 0 Å². The fraction of sp³-hybridized carbons (Fsp3) is 0.0769. The van der Waals surface area contributed by atoms with Crippen molar-refractivity contribution >= 4 is 33.2 Å². The lowest BCUT2D eigenvalue weighted by atomic mass is 10.1. The molecule has 0 aliphatic carbocycles. The maximum Gasteiger partial charge on any atom is 0.260 e. The van der Waals surface area contributed by atoms with Crippen LogP contribution in [-0.2, 0) is 0 Å². The third-order valence-electron chi connectivity index (χ3n) is 2.60. The highest BCUT2D eigenvalue weighted by atomic mass is 79.9. The second kappa shape index (κ2) is 5.18. The molecule has 0 saturated carbocycles. The summed E-state index contributed by atoms with van der Waals surface area (Å²) in [6.07, 6.45) is 3.29. The van der Waals surface area contributed by atoms with Crippen LogP contribution in [-0.4, -0.2) is 17.9 Å². The number of anilines is 2. The summed E-state index contributed by atoms with van der Waals surface area (Å²) in [5.74, 6) is -0.147. The monoisotopic (exact) mass is 305 g/mol. The van der Waals surface area contributed by atoms with Crippen molar-refractivity contribution < 1.29 is 4.79 Å². The van der Waals surface area contributed by atoms with E-state index in [4.69, 9.17) is 5.73 Å². The van der Waals surface area contributed by atoms with Crippen LogP contribution in [0.1, 0.15) is 10.4 Å². The molecule has 0 aliphatic heterocycles. The van der Waals surface area contributed by atoms with Gasteiger partial charge < -0.3 is 10.6 Å². The van der Waals surface area contributed by atoms with E-state index in [1.807, 2.05) is 0 Å². The molecule has 1 aromatic heterocycles. The van der Waals surface area contributed by atoms with Crippen LogP contribution in [0, 0.1) is 0 Å². The number of halogens is 1. The summed E-state index contributed by atoms with van der Waals surface area (Å²) in [6.45, 7) is 0. The van der Waals surface area contributed by atoms with Crippen molar-refractivity contribution in [1.82, 2.24) is 4.98 Å². The standard InChI is InChI=1S/C13H12BrN3O/c1-17(10-4-6-16-7-5-10)13(18)11-3-2-9(14)8-12(11)15/h2-8H,15H2,1H3. The van der Waals surface area contributed by atoms with E-state index in [2.05, 4.69) is 20.9 Å². The van der Waals surface area contributed by atoms with Gasteiger partial charge in [0.05, 0.1) is 5.56 Å². The SMILES string of the molecule is CN(C(=O)c1ccc(Br)cc1N)c1ccncc1. The van der Waals surface area contributed by atoms with Gasteiger partial charge in [-0.15, -0.1) is 0 Å². The molecule has 2 aromatic rings. The molecule has 0 fully saturated rings. The highest BCUT2D eigenvalue weighted by Gasteiger charge is 2.15. The predicted octanol–water partition coefficient (Wildman–Crippen LogP) is 2.70. The lowest BCUT2D eigenvalue weighted by Gasteiger charge is -2.18. The molecule has 0 atom stereocenters. The number of amides is 1. The smallest absolute Gasteiger partial charge is 0.260 e. The van der Waals surface area contributed by atoms with Crippen molar-refractivity contribution in [3.05, 3.63) is 52.8 Å². The first-order valence-electron chi connectivity index (χ1n) is 5.32. The molecular weight excluding hydrogens is 294 g/mol. The fourth-order valence-electron chi connectivity index (χ4n) is 1.59. The number of hydrogen-bond donors (Lipinski definition) is 1. The molecule has 1 aromatic carbocycles. The van der Waals surface area contributed by atoms with E-state index in [-0.39, 0.29) is 5.91 Å². The highest BCUT2D eigenvalue weighted by Crippen LogP contribution is 2.21. The Morgan fingerprint density at radius 1 is 1.28 bits per heavy atom. The van der Waals surface area contributed by atoms with Gasteiger partial charge in [-0.25, -0.2) is 0 Å². The van der Waals surface area contributed by atoms with E-state index in [9.17, 15) is 4.79 Å². The Hall–Kier alpha value is -1.88. The summed E-state index contributed by atoms with van der Waals surface area (Å²) >= 11 is 3.31. The summed E-state index contributed by atoms with van der Waals surface area (Å²) in [7, 11) is 1.71. The predicted molar refractivity (Wildman–Crippen MR) is 75.5 cm³/mol. The van der Waals surface area contributed by atoms with E-state index in [0.717, 1.165) is 10.2 Å². The topological polar surface area (TPSA) is 59.2 Å². The van der Waals surface area contributed by atoms with Gasteiger partial charge in [-0.1, -0.05) is 15.9 Å². The van der Waals surface area contributed by atoms with Gasteiger partial charge in [0.25, 0.3) is 5.91 Å². The molecular formula is C13H12BrN3O. The van der Waals surface area contributed by atoms with E-state index in [0.29, 0.717) is 11.3 Å². The minimum absolute atomic E-state index is 0.147. The molecule has 0 radical (unpaired) electrons. The highest BCUT2D eigenvalue weighted by molar-refractivity contribution is 9.10. The maximum absolute atomic E-state index is 12.3. The Labute approximate surface area is 114 Å². The Kier molecular flexibility index (Phi) is 3.62. The van der Waals surface area contributed by atoms with Gasteiger partial charge in [-0.05, 0) is 30.3 Å². The Balaban J connectivity index is 2.32. The molecule has 0 spiro atoms. The number of aromatic nitrogens is 1. The molecule has 1 amide bonds. The first-order chi connectivity index (χ1) is 8.59. The number of nitrogens with two attached hydrogens (primary N) is 1. The van der Waals surface area contributed by atoms with Gasteiger partial charge in [-0.2, -0.15) is 0 Å². The molecule has 0 unspecified atom stereocenters. The van der Waals surface area contributed by atoms with Crippen LogP contribution in [0.5, 0.6) is 0 Å². The average Bonchev–Trinajstić information content (AvgIpc) is 2.38. The van der Waals surface area contributed by atoms with Crippen molar-refractivity contribution in [3.63, 3.8) is 0 Å². The molecule has 1 heterocycles. The number of rotatable bonds is 2. The zero-order valence-electron chi connectivity index (χ0n) is 9.80. The summed E-state index contributed by atoms with van der Waals surface area (Å²) in [5.41, 5.74) is 7.56. The van der Waals surface area contributed by atoms with Gasteiger partial charge in [0, 0.05) is 35.3 Å². The van der Waals surface area contributed by atoms with Gasteiger partial charge >= 0.3 is 0 Å². The summed E-state index contributed by atoms with van der Waals surface area (Å²) in [6, 6.07) is 8.76. The quantitative estimate of drug-likeness (QED) is 0.868. The number of nitrogen functional groups attached to an aromatic ring is 1. The fourth-order valence-corrected chi connectivity index (χ4v) is 1.97. The number of carbonyl (C=O) groups excluding carboxylic acids is 1. The van der Waals surface area contributed by atoms with Crippen LogP contribution in [0.15, 0.2) is 47.2 Å². The molecule has 92 valence electrons. The molecule has 0 bridgehead atoms. The molecule has 4 nitrogen and oxygen atoms in total. The largest absolute Gasteiger partial charge is 0.398 e. The van der Waals surface area contributed by atoms with E-state index >= 15 is 0 Å². The van der Waals surface area contributed by atoms with Crippen LogP contribution < -0.4 is 10.6 Å². The number of hydrogen-bond acceptors (Lipinski definition) is 3. The van der Waals surface area contributed by atoms with Gasteiger partial charge in [0.15, 0.2) is 0 Å². The van der Waals surface area contributed by atoms with E-state index in [1.165, 1.54) is 0 Å². The van der Waals surface area contributed by atoms with Crippen LogP contribution in [0.4, 0.5) is 11.4 Å². The van der Waals surface area contributed by atoms with Gasteiger partial charge in [-0.3, -0.25) is 9.78 Å². The maximum atomic E-state index is 12.3. The van der Waals surface area contributed by atoms with Crippen molar-refractivity contribution in [1.29, 1.82) is 0 Å². The minimum atomic E-state index is -0.147. The Morgan fingerprint density at radius 3 is 2.56 bits per heavy atom. The lowest BCUT2D eigenvalue weighted by Crippen LogP contribution is -2.27. The third kappa shape index (κ3) is 2.51. The number of carbonyl (C=O) groups is 1. The zero-order valence-corrected chi connectivity index (χ0v) is 11.4. The average molecular weight is 306 g/mol. The normalized spacial score (nSPS) is 10.1. The van der Waals surface area contributed by atoms with Crippen LogP contribution >= 0.6 is 15.9 Å². The molecule has 5 heteroatoms. The van der Waals surface area contributed by atoms with Gasteiger partial charge in [0.1, 0.15) is 0 Å². The first-order valence-corrected chi connectivity index (χ1v) is 6.12. The summed E-state index contributed by atoms with van der Waals surface area (Å²) < 4.78 is 0.850. The zero-order chi connectivity index (χ0) is 13.1. The number of benzene rings is 1. The van der Waals surface area contributed by atoms with E-state index < -0.39 is 0 Å². The summed E-state index contributed by atoms with van der Waals surface area (Å²) in [4.78, 5) is 17.8. The molecule has 18 heavy (non-hydrogen) atoms. The lowest BCUT2D eigenvalue weighted by molar-refractivity contribution is 0.0994. The minimum Gasteiger partial charge on any atom is -0.398 e. The molecule has 0 saturated heterocycles. The molecule has 2 N–H and O–H groups in total. The number of nitrogens with zero attached hydrogens (tertiary/aromatic N) is 2. The summed E-state index contributed by atoms with van der Waals surface area (Å²) in [5, 5.41) is 0. The second-order valence-corrected chi connectivity index (χ2v) is 4.72. The van der Waals surface area contributed by atoms with Gasteiger partial charge in [0.2, 0.25) is 0 Å². The molecule has 2 rings (SSSR count). The Bertz CT molecular complexity index is 572.